The van der Waals surface area contributed by atoms with E-state index in [0.29, 0.717) is 12.8 Å². The minimum absolute atomic E-state index is 0.339. The molecule has 0 saturated carbocycles. The van der Waals surface area contributed by atoms with Gasteiger partial charge in [0, 0.05) is 11.8 Å². The third-order valence-electron chi connectivity index (χ3n) is 2.42. The fourth-order valence-corrected chi connectivity index (χ4v) is 2.32. The molecule has 0 saturated heterocycles. The number of hydrogen-bond acceptors (Lipinski definition) is 4. The lowest BCUT2D eigenvalue weighted by molar-refractivity contribution is 0.177. The van der Waals surface area contributed by atoms with Gasteiger partial charge in [0.15, 0.2) is 0 Å². The average Bonchev–Trinajstić information content (AvgIpc) is 2.78. The highest BCUT2D eigenvalue weighted by atomic mass is 32.1. The number of aromatic nitrogens is 1. The van der Waals surface area contributed by atoms with Crippen molar-refractivity contribution in [2.24, 2.45) is 0 Å². The van der Waals surface area contributed by atoms with E-state index in [9.17, 15) is 5.11 Å². The van der Waals surface area contributed by atoms with Crippen LogP contribution in [-0.4, -0.2) is 10.1 Å². The van der Waals surface area contributed by atoms with Crippen LogP contribution in [0, 0.1) is 11.3 Å². The van der Waals surface area contributed by atoms with Crippen LogP contribution < -0.4 is 0 Å². The number of benzene rings is 1. The third kappa shape index (κ3) is 3.13. The first kappa shape index (κ1) is 11.8. The summed E-state index contributed by atoms with van der Waals surface area (Å²) in [6.45, 7) is 0. The van der Waals surface area contributed by atoms with Crippen molar-refractivity contribution in [3.05, 3.63) is 52.0 Å². The summed E-state index contributed by atoms with van der Waals surface area (Å²) < 4.78 is 0. The van der Waals surface area contributed by atoms with Crippen molar-refractivity contribution in [2.75, 3.05) is 0 Å². The maximum Gasteiger partial charge on any atom is 0.107 e. The van der Waals surface area contributed by atoms with E-state index in [1.807, 2.05) is 35.7 Å². The fraction of sp³-hybridized carbons (Fsp3) is 0.231. The quantitative estimate of drug-likeness (QED) is 0.899. The topological polar surface area (TPSA) is 56.9 Å². The Morgan fingerprint density at radius 3 is 2.82 bits per heavy atom. The van der Waals surface area contributed by atoms with Crippen molar-refractivity contribution in [3.63, 3.8) is 0 Å². The van der Waals surface area contributed by atoms with Gasteiger partial charge in [0.25, 0.3) is 0 Å². The zero-order chi connectivity index (χ0) is 12.1. The van der Waals surface area contributed by atoms with E-state index in [-0.39, 0.29) is 0 Å². The third-order valence-corrected chi connectivity index (χ3v) is 3.31. The molecule has 1 aromatic heterocycles. The Labute approximate surface area is 104 Å². The maximum atomic E-state index is 10.0. The van der Waals surface area contributed by atoms with Crippen LogP contribution in [0.3, 0.4) is 0 Å². The predicted octanol–water partition coefficient (Wildman–Crippen LogP) is 2.49. The molecule has 2 rings (SSSR count). The zero-order valence-electron chi connectivity index (χ0n) is 9.21. The van der Waals surface area contributed by atoms with Gasteiger partial charge in [0.1, 0.15) is 5.01 Å². The van der Waals surface area contributed by atoms with Crippen LogP contribution in [0.4, 0.5) is 0 Å². The summed E-state index contributed by atoms with van der Waals surface area (Å²) in [5.41, 5.74) is 1.74. The normalized spacial score (nSPS) is 12.0. The van der Waals surface area contributed by atoms with Gasteiger partial charge in [-0.2, -0.15) is 5.26 Å². The van der Waals surface area contributed by atoms with Crippen molar-refractivity contribution in [1.82, 2.24) is 4.98 Å². The molecule has 2 aromatic rings. The van der Waals surface area contributed by atoms with Crippen LogP contribution in [0.1, 0.15) is 22.4 Å². The van der Waals surface area contributed by atoms with Gasteiger partial charge >= 0.3 is 0 Å². The van der Waals surface area contributed by atoms with Crippen molar-refractivity contribution in [2.45, 2.75) is 18.9 Å². The first-order valence-electron chi connectivity index (χ1n) is 5.33. The zero-order valence-corrected chi connectivity index (χ0v) is 10.0. The Balaban J connectivity index is 2.03. The van der Waals surface area contributed by atoms with Crippen LogP contribution in [0.5, 0.6) is 0 Å². The number of nitrogens with zero attached hydrogens (tertiary/aromatic N) is 2. The molecule has 0 aliphatic rings. The van der Waals surface area contributed by atoms with Crippen LogP contribution >= 0.6 is 11.3 Å². The number of aliphatic hydroxyl groups is 1. The van der Waals surface area contributed by atoms with E-state index in [1.54, 1.807) is 0 Å². The highest BCUT2D eigenvalue weighted by Gasteiger charge is 2.10. The first-order valence-corrected chi connectivity index (χ1v) is 6.21. The summed E-state index contributed by atoms with van der Waals surface area (Å²) in [6.07, 6.45) is 0.297. The van der Waals surface area contributed by atoms with Gasteiger partial charge in [-0.3, -0.25) is 0 Å². The van der Waals surface area contributed by atoms with Gasteiger partial charge in [-0.1, -0.05) is 30.3 Å². The molecule has 1 heterocycles. The smallest absolute Gasteiger partial charge is 0.107 e. The Morgan fingerprint density at radius 1 is 1.35 bits per heavy atom. The standard InChI is InChI=1S/C13H12N2OS/c14-7-6-13-15-11(9-17-13)8-12(16)10-4-2-1-3-5-10/h1-5,9,12,16H,6,8H2. The lowest BCUT2D eigenvalue weighted by Crippen LogP contribution is -2.01. The minimum Gasteiger partial charge on any atom is -0.388 e. The molecule has 0 radical (unpaired) electrons. The van der Waals surface area contributed by atoms with E-state index < -0.39 is 6.10 Å². The molecule has 0 spiro atoms. The molecule has 1 atom stereocenters. The average molecular weight is 244 g/mol. The van der Waals surface area contributed by atoms with Gasteiger partial charge in [0.2, 0.25) is 0 Å². The summed E-state index contributed by atoms with van der Waals surface area (Å²) in [6, 6.07) is 11.6. The second-order valence-corrected chi connectivity index (χ2v) is 4.64. The monoisotopic (exact) mass is 244 g/mol. The van der Waals surface area contributed by atoms with Gasteiger partial charge in [0.05, 0.1) is 24.3 Å². The number of aliphatic hydroxyl groups excluding tert-OH is 1. The minimum atomic E-state index is -0.534. The Kier molecular flexibility index (Phi) is 3.86. The van der Waals surface area contributed by atoms with Gasteiger partial charge in [-0.25, -0.2) is 4.98 Å². The van der Waals surface area contributed by atoms with E-state index in [4.69, 9.17) is 5.26 Å². The van der Waals surface area contributed by atoms with E-state index >= 15 is 0 Å². The van der Waals surface area contributed by atoms with Gasteiger partial charge in [-0.15, -0.1) is 11.3 Å². The lowest BCUT2D eigenvalue weighted by Gasteiger charge is -2.08. The van der Waals surface area contributed by atoms with Crippen molar-refractivity contribution in [3.8, 4) is 6.07 Å². The molecule has 1 unspecified atom stereocenters. The molecule has 0 amide bonds. The van der Waals surface area contributed by atoms with Gasteiger partial charge in [-0.05, 0) is 5.56 Å². The molecule has 4 heteroatoms. The SMILES string of the molecule is N#CCc1nc(CC(O)c2ccccc2)cs1. The lowest BCUT2D eigenvalue weighted by atomic mass is 10.1. The second-order valence-electron chi connectivity index (χ2n) is 3.70. The number of thiazole rings is 1. The Morgan fingerprint density at radius 2 is 2.12 bits per heavy atom. The summed E-state index contributed by atoms with van der Waals surface area (Å²) in [5.74, 6) is 0. The highest BCUT2D eigenvalue weighted by Crippen LogP contribution is 2.19. The van der Waals surface area contributed by atoms with Crippen molar-refractivity contribution < 1.29 is 5.11 Å². The van der Waals surface area contributed by atoms with Crippen LogP contribution in [0.15, 0.2) is 35.7 Å². The first-order chi connectivity index (χ1) is 8.29. The highest BCUT2D eigenvalue weighted by molar-refractivity contribution is 7.09. The molecule has 0 aliphatic carbocycles. The summed E-state index contributed by atoms with van der Waals surface area (Å²) in [5, 5.41) is 21.3. The molecule has 0 aliphatic heterocycles. The molecule has 3 nitrogen and oxygen atoms in total. The van der Waals surface area contributed by atoms with E-state index in [2.05, 4.69) is 11.1 Å². The molecule has 0 fully saturated rings. The summed E-state index contributed by atoms with van der Waals surface area (Å²) in [7, 11) is 0. The van der Waals surface area contributed by atoms with Crippen LogP contribution in [0.25, 0.3) is 0 Å². The second kappa shape index (κ2) is 5.58. The molecular formula is C13H12N2OS. The van der Waals surface area contributed by atoms with Crippen molar-refractivity contribution in [1.29, 1.82) is 5.26 Å². The van der Waals surface area contributed by atoms with Crippen LogP contribution in [-0.2, 0) is 12.8 Å². The fourth-order valence-electron chi connectivity index (χ4n) is 1.58. The number of nitriles is 1. The van der Waals surface area contributed by atoms with E-state index in [1.165, 1.54) is 11.3 Å². The van der Waals surface area contributed by atoms with Crippen molar-refractivity contribution >= 4 is 11.3 Å². The molecule has 17 heavy (non-hydrogen) atoms. The summed E-state index contributed by atoms with van der Waals surface area (Å²) in [4.78, 5) is 4.30. The van der Waals surface area contributed by atoms with Gasteiger partial charge < -0.3 is 5.11 Å². The largest absolute Gasteiger partial charge is 0.388 e. The number of rotatable bonds is 4. The van der Waals surface area contributed by atoms with Crippen LogP contribution in [0.2, 0.25) is 0 Å². The summed E-state index contributed by atoms with van der Waals surface area (Å²) >= 11 is 1.47. The molecule has 1 N–H and O–H groups in total. The molecule has 0 bridgehead atoms. The molecule has 86 valence electrons. The van der Waals surface area contributed by atoms with E-state index in [0.717, 1.165) is 16.3 Å². The Bertz CT molecular complexity index is 516. The molecule has 1 aromatic carbocycles. The predicted molar refractivity (Wildman–Crippen MR) is 66.5 cm³/mol. The Hall–Kier alpha value is -1.70. The molecular weight excluding hydrogens is 232 g/mol. The number of hydrogen-bond donors (Lipinski definition) is 1. The maximum absolute atomic E-state index is 10.0.